The predicted molar refractivity (Wildman–Crippen MR) is 135 cm³/mol. The molecular formula is C22H20ClIN3O3P. The number of aromatic nitrogens is 2. The maximum atomic E-state index is 11.2. The van der Waals surface area contributed by atoms with Crippen molar-refractivity contribution in [3.63, 3.8) is 0 Å². The summed E-state index contributed by atoms with van der Waals surface area (Å²) in [5, 5.41) is 18.7. The Morgan fingerprint density at radius 2 is 2.06 bits per heavy atom. The number of nitrogens with one attached hydrogen (secondary N) is 1. The highest BCUT2D eigenvalue weighted by molar-refractivity contribution is 14.2. The summed E-state index contributed by atoms with van der Waals surface area (Å²) in [7, 11) is 0. The van der Waals surface area contributed by atoms with E-state index in [2.05, 4.69) is 27.4 Å². The number of hydrogen-bond acceptors (Lipinski definition) is 4. The maximum Gasteiger partial charge on any atom is 0.335 e. The summed E-state index contributed by atoms with van der Waals surface area (Å²) in [4.78, 5) is 11.2. The number of benzene rings is 2. The van der Waals surface area contributed by atoms with Crippen molar-refractivity contribution < 1.29 is 14.6 Å². The largest absolute Gasteiger partial charge is 0.486 e. The number of dihydropyridines is 1. The van der Waals surface area contributed by atoms with Gasteiger partial charge in [0.15, 0.2) is 0 Å². The number of rotatable bonds is 6. The third-order valence-electron chi connectivity index (χ3n) is 5.17. The number of hydrogen-bond donors (Lipinski definition) is 2. The van der Waals surface area contributed by atoms with E-state index in [0.717, 1.165) is 45.6 Å². The van der Waals surface area contributed by atoms with Gasteiger partial charge in [-0.2, -0.15) is 5.10 Å². The zero-order valence-electron chi connectivity index (χ0n) is 16.8. The molecule has 2 heterocycles. The van der Waals surface area contributed by atoms with E-state index in [1.807, 2.05) is 36.5 Å². The summed E-state index contributed by atoms with van der Waals surface area (Å²) < 4.78 is 8.21. The van der Waals surface area contributed by atoms with E-state index in [1.54, 1.807) is 30.5 Å². The summed E-state index contributed by atoms with van der Waals surface area (Å²) in [6.07, 6.45) is 2.03. The van der Waals surface area contributed by atoms with Crippen LogP contribution in [0.5, 0.6) is 5.75 Å². The highest BCUT2D eigenvalue weighted by Gasteiger charge is 2.21. The van der Waals surface area contributed by atoms with Crippen LogP contribution in [-0.4, -0.2) is 33.3 Å². The molecule has 2 N–H and O–H groups in total. The molecule has 2 atom stereocenters. The summed E-state index contributed by atoms with van der Waals surface area (Å²) in [6, 6.07) is 12.7. The molecule has 6 nitrogen and oxygen atoms in total. The first-order valence-corrected chi connectivity index (χ1v) is 14.0. The van der Waals surface area contributed by atoms with Crippen molar-refractivity contribution in [1.29, 1.82) is 0 Å². The van der Waals surface area contributed by atoms with Gasteiger partial charge >= 0.3 is 5.97 Å². The minimum Gasteiger partial charge on any atom is -0.486 e. The van der Waals surface area contributed by atoms with Crippen LogP contribution in [0.1, 0.15) is 24.2 Å². The number of ether oxygens (including phenoxy) is 1. The van der Waals surface area contributed by atoms with Crippen LogP contribution in [0.4, 0.5) is 0 Å². The van der Waals surface area contributed by atoms with Gasteiger partial charge in [0, 0.05) is 29.3 Å². The Bertz CT molecular complexity index is 1220. The van der Waals surface area contributed by atoms with Crippen LogP contribution in [0.3, 0.4) is 0 Å². The lowest BCUT2D eigenvalue weighted by Crippen LogP contribution is -2.24. The second-order valence-corrected chi connectivity index (χ2v) is 9.68. The van der Waals surface area contributed by atoms with Crippen LogP contribution in [0, 0.1) is 0 Å². The second kappa shape index (κ2) is 9.18. The average Bonchev–Trinajstić information content (AvgIpc) is 3.11. The van der Waals surface area contributed by atoms with Crippen LogP contribution >= 0.6 is 40.0 Å². The Labute approximate surface area is 199 Å². The Morgan fingerprint density at radius 3 is 2.71 bits per heavy atom. The Hall–Kier alpha value is -2.09. The monoisotopic (exact) mass is 567 g/mol. The van der Waals surface area contributed by atoms with Crippen LogP contribution in [0.2, 0.25) is 0 Å². The molecule has 1 aliphatic heterocycles. The summed E-state index contributed by atoms with van der Waals surface area (Å²) >= 11 is 8.70. The van der Waals surface area contributed by atoms with E-state index in [0.29, 0.717) is 11.4 Å². The minimum atomic E-state index is -0.949. The zero-order chi connectivity index (χ0) is 22.1. The highest BCUT2D eigenvalue weighted by atomic mass is 127. The lowest BCUT2D eigenvalue weighted by molar-refractivity contribution is 0.0697. The third kappa shape index (κ3) is 4.45. The molecule has 4 rings (SSSR count). The van der Waals surface area contributed by atoms with Crippen LogP contribution in [-0.2, 0) is 0 Å². The van der Waals surface area contributed by atoms with Crippen molar-refractivity contribution in [2.24, 2.45) is 0 Å². The van der Waals surface area contributed by atoms with E-state index in [9.17, 15) is 4.79 Å². The number of carbonyl (C=O) groups is 1. The first-order valence-electron chi connectivity index (χ1n) is 9.58. The molecule has 1 aromatic heterocycles. The fourth-order valence-electron chi connectivity index (χ4n) is 3.69. The molecule has 160 valence electrons. The lowest BCUT2D eigenvalue weighted by Gasteiger charge is -2.23. The second-order valence-electron chi connectivity index (χ2n) is 7.23. The average molecular weight is 568 g/mol. The Balaban J connectivity index is 1.72. The molecule has 1 aliphatic rings. The zero-order valence-corrected chi connectivity index (χ0v) is 20.7. The molecule has 31 heavy (non-hydrogen) atoms. The van der Waals surface area contributed by atoms with Crippen LogP contribution in [0.25, 0.3) is 22.2 Å². The van der Waals surface area contributed by atoms with E-state index < -0.39 is 5.97 Å². The van der Waals surface area contributed by atoms with Gasteiger partial charge < -0.3 is 15.2 Å². The molecule has 2 aromatic carbocycles. The quantitative estimate of drug-likeness (QED) is 0.284. The number of halogens is 2. The summed E-state index contributed by atoms with van der Waals surface area (Å²) in [6.45, 7) is 4.79. The number of carboxylic acids is 1. The smallest absolute Gasteiger partial charge is 0.335 e. The van der Waals surface area contributed by atoms with Crippen LogP contribution < -0.4 is 10.1 Å². The predicted octanol–water partition coefficient (Wildman–Crippen LogP) is 5.96. The number of fused-ring (bicyclic) bond motifs is 1. The van der Waals surface area contributed by atoms with Gasteiger partial charge in [0.05, 0.1) is 22.5 Å². The summed E-state index contributed by atoms with van der Waals surface area (Å²) in [5.74, 6) is -0.223. The first kappa shape index (κ1) is 22.1. The molecule has 0 aliphatic carbocycles. The molecule has 0 saturated heterocycles. The third-order valence-corrected chi connectivity index (χ3v) is 7.35. The van der Waals surface area contributed by atoms with Gasteiger partial charge in [-0.3, -0.25) is 0 Å². The maximum absolute atomic E-state index is 11.2. The molecule has 0 fully saturated rings. The standard InChI is InChI=1S/C22H20ClIN3O3P/c1-12-10-25-11-18(23)20(12)13(2)30-16-7-8-19-17(9-16)21(26-27(19)31-24)14-3-5-15(6-4-14)22(28)29/h3-9,11,13,25,31H,10H2,1-2H3,(H,28,29)/t13-/m1/s1. The van der Waals surface area contributed by atoms with Gasteiger partial charge in [0.25, 0.3) is 0 Å². The lowest BCUT2D eigenvalue weighted by atomic mass is 10.0. The van der Waals surface area contributed by atoms with E-state index in [-0.39, 0.29) is 11.7 Å². The first-order chi connectivity index (χ1) is 14.9. The molecule has 0 radical (unpaired) electrons. The normalized spacial score (nSPS) is 15.3. The van der Waals surface area contributed by atoms with Gasteiger partial charge in [-0.25, -0.2) is 9.25 Å². The molecule has 3 aromatic rings. The van der Waals surface area contributed by atoms with Gasteiger partial charge in [0.1, 0.15) is 17.5 Å². The van der Waals surface area contributed by atoms with Gasteiger partial charge in [-0.15, -0.1) is 0 Å². The van der Waals surface area contributed by atoms with Crippen molar-refractivity contribution in [3.05, 3.63) is 70.4 Å². The fourth-order valence-corrected chi connectivity index (χ4v) is 5.61. The number of nitrogens with zero attached hydrogens (tertiary/aromatic N) is 2. The molecule has 0 saturated carbocycles. The molecule has 0 bridgehead atoms. The van der Waals surface area contributed by atoms with Crippen molar-refractivity contribution >= 4 is 56.9 Å². The number of aromatic carboxylic acids is 1. The van der Waals surface area contributed by atoms with Crippen molar-refractivity contribution in [2.45, 2.75) is 20.0 Å². The summed E-state index contributed by atoms with van der Waals surface area (Å²) in [5.41, 5.74) is 5.05. The van der Waals surface area contributed by atoms with Crippen LogP contribution in [0.15, 0.2) is 64.8 Å². The number of carboxylic acid groups (broad SMARTS) is 1. The van der Waals surface area contributed by atoms with Gasteiger partial charge in [-0.1, -0.05) is 23.7 Å². The van der Waals surface area contributed by atoms with E-state index in [1.165, 1.54) is 0 Å². The minimum absolute atomic E-state index is 0.205. The molecule has 0 spiro atoms. The molecular weight excluding hydrogens is 548 g/mol. The van der Waals surface area contributed by atoms with Gasteiger partial charge in [0.2, 0.25) is 0 Å². The SMILES string of the molecule is CC1=C([C@@H](C)Oc2ccc3c(c2)c(-c2ccc(C(=O)O)cc2)nn3PI)C(Cl)=CNC1. The van der Waals surface area contributed by atoms with Crippen molar-refractivity contribution in [1.82, 2.24) is 14.9 Å². The molecule has 1 unspecified atom stereocenters. The topological polar surface area (TPSA) is 76.4 Å². The van der Waals surface area contributed by atoms with Gasteiger partial charge in [-0.05, 0) is 71.8 Å². The molecule has 0 amide bonds. The highest BCUT2D eigenvalue weighted by Crippen LogP contribution is 2.37. The molecule has 9 heteroatoms. The van der Waals surface area contributed by atoms with E-state index in [4.69, 9.17) is 26.5 Å². The van der Waals surface area contributed by atoms with Crippen molar-refractivity contribution in [2.75, 3.05) is 6.54 Å². The van der Waals surface area contributed by atoms with Crippen molar-refractivity contribution in [3.8, 4) is 17.0 Å². The Morgan fingerprint density at radius 1 is 1.32 bits per heavy atom. The van der Waals surface area contributed by atoms with E-state index >= 15 is 0 Å². The Kier molecular flexibility index (Phi) is 6.55. The fraction of sp³-hybridized carbons (Fsp3) is 0.182.